The maximum Gasteiger partial charge on any atom is 0.329 e. The molecule has 2 heterocycles. The number of carboxylic acids is 1. The third-order valence-corrected chi connectivity index (χ3v) is 5.36. The Morgan fingerprint density at radius 1 is 1.22 bits per heavy atom. The van der Waals surface area contributed by atoms with Crippen LogP contribution in [-0.4, -0.2) is 39.9 Å². The number of aliphatic carboxylic acids is 1. The highest BCUT2D eigenvalue weighted by Crippen LogP contribution is 2.28. The zero-order valence-electron chi connectivity index (χ0n) is 12.6. The molecule has 1 aromatic rings. The van der Waals surface area contributed by atoms with E-state index in [1.54, 1.807) is 30.0 Å². The summed E-state index contributed by atoms with van der Waals surface area (Å²) < 4.78 is 0. The van der Waals surface area contributed by atoms with E-state index in [4.69, 9.17) is 0 Å². The monoisotopic (exact) mass is 334 g/mol. The van der Waals surface area contributed by atoms with Gasteiger partial charge < -0.3 is 15.7 Å². The smallest absolute Gasteiger partial charge is 0.329 e. The summed E-state index contributed by atoms with van der Waals surface area (Å²) in [7, 11) is 0. The van der Waals surface area contributed by atoms with Crippen LogP contribution in [0.25, 0.3) is 0 Å². The number of amides is 2. The van der Waals surface area contributed by atoms with Crippen LogP contribution < -0.4 is 10.6 Å². The van der Waals surface area contributed by atoms with E-state index in [9.17, 15) is 19.5 Å². The van der Waals surface area contributed by atoms with E-state index in [1.165, 1.54) is 0 Å². The molecule has 0 radical (unpaired) electrons. The Morgan fingerprint density at radius 2 is 1.96 bits per heavy atom. The van der Waals surface area contributed by atoms with Crippen molar-refractivity contribution in [3.63, 3.8) is 0 Å². The molecular formula is C16H18N2O4S. The van der Waals surface area contributed by atoms with Crippen LogP contribution in [0.5, 0.6) is 0 Å². The zero-order chi connectivity index (χ0) is 16.4. The molecule has 3 N–H and O–H groups in total. The molecule has 6 nitrogen and oxygen atoms in total. The molecule has 7 heteroatoms. The van der Waals surface area contributed by atoms with Gasteiger partial charge in [0.1, 0.15) is 5.54 Å². The summed E-state index contributed by atoms with van der Waals surface area (Å²) in [5, 5.41) is 15.0. The highest BCUT2D eigenvalue weighted by Gasteiger charge is 2.41. The molecule has 0 spiro atoms. The number of anilines is 1. The highest BCUT2D eigenvalue weighted by molar-refractivity contribution is 7.99. The number of rotatable bonds is 3. The van der Waals surface area contributed by atoms with Crippen LogP contribution in [0.4, 0.5) is 5.69 Å². The number of benzene rings is 1. The summed E-state index contributed by atoms with van der Waals surface area (Å²) in [5.41, 5.74) is 0.881. The second-order valence-corrected chi connectivity index (χ2v) is 7.10. The van der Waals surface area contributed by atoms with Gasteiger partial charge in [0.2, 0.25) is 5.91 Å². The van der Waals surface area contributed by atoms with Gasteiger partial charge in [-0.05, 0) is 54.5 Å². The van der Waals surface area contributed by atoms with E-state index in [0.717, 1.165) is 22.8 Å². The fourth-order valence-corrected chi connectivity index (χ4v) is 4.12. The Balaban J connectivity index is 1.80. The van der Waals surface area contributed by atoms with E-state index in [1.807, 2.05) is 0 Å². The van der Waals surface area contributed by atoms with Gasteiger partial charge in [0.05, 0.1) is 0 Å². The van der Waals surface area contributed by atoms with Gasteiger partial charge in [-0.1, -0.05) is 0 Å². The van der Waals surface area contributed by atoms with Gasteiger partial charge in [-0.25, -0.2) is 4.79 Å². The van der Waals surface area contributed by atoms with Gasteiger partial charge in [0.15, 0.2) is 0 Å². The van der Waals surface area contributed by atoms with Gasteiger partial charge in [-0.3, -0.25) is 9.59 Å². The molecule has 1 aromatic carbocycles. The largest absolute Gasteiger partial charge is 0.480 e. The summed E-state index contributed by atoms with van der Waals surface area (Å²) in [5.74, 6) is 0.0700. The molecular weight excluding hydrogens is 316 g/mol. The van der Waals surface area contributed by atoms with Crippen molar-refractivity contribution in [1.82, 2.24) is 5.32 Å². The number of nitrogens with one attached hydrogen (secondary N) is 2. The van der Waals surface area contributed by atoms with Crippen molar-refractivity contribution in [2.45, 2.75) is 31.2 Å². The number of carbonyl (C=O) groups is 3. The quantitative estimate of drug-likeness (QED) is 0.781. The number of aryl methyl sites for hydroxylation is 1. The fraction of sp³-hybridized carbons (Fsp3) is 0.438. The van der Waals surface area contributed by atoms with Crippen molar-refractivity contribution in [1.29, 1.82) is 0 Å². The topological polar surface area (TPSA) is 95.5 Å². The Hall–Kier alpha value is -2.02. The molecule has 1 saturated heterocycles. The van der Waals surface area contributed by atoms with Crippen LogP contribution >= 0.6 is 11.8 Å². The summed E-state index contributed by atoms with van der Waals surface area (Å²) in [6, 6.07) is 5.05. The number of hydrogen-bond donors (Lipinski definition) is 3. The lowest BCUT2D eigenvalue weighted by Crippen LogP contribution is -2.56. The first kappa shape index (κ1) is 15.9. The van der Waals surface area contributed by atoms with Crippen LogP contribution in [0.1, 0.15) is 35.2 Å². The second kappa shape index (κ2) is 6.23. The van der Waals surface area contributed by atoms with Crippen LogP contribution in [0.15, 0.2) is 18.2 Å². The van der Waals surface area contributed by atoms with E-state index in [2.05, 4.69) is 10.6 Å². The first-order chi connectivity index (χ1) is 11.0. The minimum absolute atomic E-state index is 0.0285. The van der Waals surface area contributed by atoms with Crippen LogP contribution in [0.3, 0.4) is 0 Å². The number of fused-ring (bicyclic) bond motifs is 1. The molecule has 122 valence electrons. The lowest BCUT2D eigenvalue weighted by Gasteiger charge is -2.33. The lowest BCUT2D eigenvalue weighted by atomic mass is 9.91. The Labute approximate surface area is 138 Å². The minimum atomic E-state index is -1.17. The van der Waals surface area contributed by atoms with Gasteiger partial charge in [-0.2, -0.15) is 11.8 Å². The van der Waals surface area contributed by atoms with Crippen molar-refractivity contribution in [3.8, 4) is 0 Å². The second-order valence-electron chi connectivity index (χ2n) is 5.87. The molecule has 2 aliphatic heterocycles. The maximum atomic E-state index is 12.5. The minimum Gasteiger partial charge on any atom is -0.480 e. The van der Waals surface area contributed by atoms with Crippen LogP contribution in [-0.2, 0) is 16.0 Å². The number of carbonyl (C=O) groups excluding carboxylic acids is 2. The molecule has 2 amide bonds. The Kier molecular flexibility index (Phi) is 4.30. The zero-order valence-corrected chi connectivity index (χ0v) is 13.4. The Bertz CT molecular complexity index is 668. The highest BCUT2D eigenvalue weighted by atomic mass is 32.2. The van der Waals surface area contributed by atoms with Gasteiger partial charge >= 0.3 is 5.97 Å². The van der Waals surface area contributed by atoms with Crippen molar-refractivity contribution in [3.05, 3.63) is 29.3 Å². The Morgan fingerprint density at radius 3 is 2.65 bits per heavy atom. The predicted octanol–water partition coefficient (Wildman–Crippen LogP) is 1.65. The summed E-state index contributed by atoms with van der Waals surface area (Å²) in [6.07, 6.45) is 1.84. The van der Waals surface area contributed by atoms with Gasteiger partial charge in [0, 0.05) is 17.7 Å². The lowest BCUT2D eigenvalue weighted by molar-refractivity contribution is -0.144. The van der Waals surface area contributed by atoms with E-state index in [-0.39, 0.29) is 11.8 Å². The predicted molar refractivity (Wildman–Crippen MR) is 87.8 cm³/mol. The average molecular weight is 334 g/mol. The summed E-state index contributed by atoms with van der Waals surface area (Å²) >= 11 is 1.70. The molecule has 0 aliphatic carbocycles. The van der Waals surface area contributed by atoms with Crippen molar-refractivity contribution in [2.75, 3.05) is 16.8 Å². The fourth-order valence-electron chi connectivity index (χ4n) is 2.93. The van der Waals surface area contributed by atoms with Crippen molar-refractivity contribution >= 4 is 35.2 Å². The number of hydrogen-bond acceptors (Lipinski definition) is 4. The van der Waals surface area contributed by atoms with Crippen LogP contribution in [0.2, 0.25) is 0 Å². The first-order valence-corrected chi connectivity index (χ1v) is 8.72. The standard InChI is InChI=1S/C16H18N2O4S/c19-13-4-2-10-9-11(1-3-12(10)17-13)14(20)18-16(15(21)22)5-7-23-8-6-16/h1,3,9H,2,4-8H2,(H,17,19)(H,18,20)(H,21,22). The molecule has 0 unspecified atom stereocenters. The summed E-state index contributed by atoms with van der Waals surface area (Å²) in [4.78, 5) is 35.5. The van der Waals surface area contributed by atoms with E-state index >= 15 is 0 Å². The van der Waals surface area contributed by atoms with Crippen molar-refractivity contribution < 1.29 is 19.5 Å². The molecule has 0 atom stereocenters. The molecule has 2 aliphatic rings. The third-order valence-electron chi connectivity index (χ3n) is 4.37. The maximum absolute atomic E-state index is 12.5. The SMILES string of the molecule is O=C1CCc2cc(C(=O)NC3(C(=O)O)CCSCC3)ccc2N1. The van der Waals surface area contributed by atoms with Crippen molar-refractivity contribution in [2.24, 2.45) is 0 Å². The summed E-state index contributed by atoms with van der Waals surface area (Å²) in [6.45, 7) is 0. The molecule has 1 fully saturated rings. The molecule has 0 aromatic heterocycles. The third kappa shape index (κ3) is 3.19. The normalized spacial score (nSPS) is 19.4. The average Bonchev–Trinajstić information content (AvgIpc) is 2.55. The van der Waals surface area contributed by atoms with E-state index in [0.29, 0.717) is 31.2 Å². The molecule has 0 saturated carbocycles. The van der Waals surface area contributed by atoms with E-state index < -0.39 is 11.5 Å². The van der Waals surface area contributed by atoms with Crippen LogP contribution in [0, 0.1) is 0 Å². The number of carboxylic acid groups (broad SMARTS) is 1. The molecule has 3 rings (SSSR count). The first-order valence-electron chi connectivity index (χ1n) is 7.57. The number of thioether (sulfide) groups is 1. The van der Waals surface area contributed by atoms with Gasteiger partial charge in [-0.15, -0.1) is 0 Å². The molecule has 0 bridgehead atoms. The molecule has 23 heavy (non-hydrogen) atoms. The van der Waals surface area contributed by atoms with Gasteiger partial charge in [0.25, 0.3) is 5.91 Å².